The number of rotatable bonds is 4. The Bertz CT molecular complexity index is 454. The van der Waals surface area contributed by atoms with Crippen LogP contribution in [-0.4, -0.2) is 24.0 Å². The second-order valence-electron chi connectivity index (χ2n) is 5.67. The molecular weight excluding hydrogens is 248 g/mol. The van der Waals surface area contributed by atoms with Gasteiger partial charge in [0.25, 0.3) is 0 Å². The first-order chi connectivity index (χ1) is 9.67. The fraction of sp³-hybridized carbons (Fsp3) is 0.588. The van der Waals surface area contributed by atoms with Crippen LogP contribution in [0.5, 0.6) is 0 Å². The quantitative estimate of drug-likeness (QED) is 0.887. The maximum Gasteiger partial charge on any atom is 0.317 e. The van der Waals surface area contributed by atoms with Crippen LogP contribution < -0.4 is 5.32 Å². The Morgan fingerprint density at radius 1 is 1.35 bits per heavy atom. The Morgan fingerprint density at radius 2 is 2.05 bits per heavy atom. The molecule has 3 heteroatoms. The van der Waals surface area contributed by atoms with Gasteiger partial charge in [-0.05, 0) is 43.2 Å². The summed E-state index contributed by atoms with van der Waals surface area (Å²) in [5.74, 6) is 0. The first-order valence-corrected chi connectivity index (χ1v) is 7.78. The predicted molar refractivity (Wildman–Crippen MR) is 82.8 cm³/mol. The molecule has 0 spiro atoms. The Morgan fingerprint density at radius 3 is 2.75 bits per heavy atom. The summed E-state index contributed by atoms with van der Waals surface area (Å²) in [7, 11) is 1.90. The van der Waals surface area contributed by atoms with Gasteiger partial charge in [-0.1, -0.05) is 38.1 Å². The lowest BCUT2D eigenvalue weighted by Crippen LogP contribution is -2.45. The van der Waals surface area contributed by atoms with Gasteiger partial charge < -0.3 is 10.2 Å². The minimum Gasteiger partial charge on any atom is -0.331 e. The lowest BCUT2D eigenvalue weighted by molar-refractivity contribution is 0.181. The number of hydrogen-bond donors (Lipinski definition) is 1. The molecule has 0 aromatic heterocycles. The van der Waals surface area contributed by atoms with E-state index < -0.39 is 0 Å². The average Bonchev–Trinajstić information content (AvgIpc) is 2.48. The number of benzene rings is 1. The minimum atomic E-state index is 0.0559. The fourth-order valence-corrected chi connectivity index (χ4v) is 3.16. The summed E-state index contributed by atoms with van der Waals surface area (Å²) in [5.41, 5.74) is 2.68. The van der Waals surface area contributed by atoms with E-state index in [1.54, 1.807) is 0 Å². The highest BCUT2D eigenvalue weighted by Crippen LogP contribution is 2.29. The molecule has 0 unspecified atom stereocenters. The standard InChI is InChI=1S/C17H26N2O/c1-4-14(5-2)19(3)17(20)18-16-12-8-10-13-9-6-7-11-15(13)16/h6-7,9,11,14,16H,4-5,8,10,12H2,1-3H3,(H,18,20)/t16-/m0/s1. The lowest BCUT2D eigenvalue weighted by atomic mass is 9.88. The number of carbonyl (C=O) groups is 1. The smallest absolute Gasteiger partial charge is 0.317 e. The summed E-state index contributed by atoms with van der Waals surface area (Å²) in [4.78, 5) is 14.3. The number of hydrogen-bond acceptors (Lipinski definition) is 1. The van der Waals surface area contributed by atoms with E-state index >= 15 is 0 Å². The van der Waals surface area contributed by atoms with Gasteiger partial charge in [-0.2, -0.15) is 0 Å². The van der Waals surface area contributed by atoms with Crippen molar-refractivity contribution >= 4 is 6.03 Å². The number of aryl methyl sites for hydroxylation is 1. The zero-order chi connectivity index (χ0) is 14.5. The topological polar surface area (TPSA) is 32.3 Å². The molecule has 0 radical (unpaired) electrons. The van der Waals surface area contributed by atoms with Crippen LogP contribution in [0.15, 0.2) is 24.3 Å². The monoisotopic (exact) mass is 274 g/mol. The van der Waals surface area contributed by atoms with Crippen LogP contribution in [0, 0.1) is 0 Å². The highest BCUT2D eigenvalue weighted by atomic mass is 16.2. The molecule has 1 aromatic carbocycles. The van der Waals surface area contributed by atoms with Crippen LogP contribution in [0.2, 0.25) is 0 Å². The van der Waals surface area contributed by atoms with Gasteiger partial charge in [-0.3, -0.25) is 0 Å². The Balaban J connectivity index is 2.06. The number of nitrogens with one attached hydrogen (secondary N) is 1. The molecule has 1 aromatic rings. The van der Waals surface area contributed by atoms with E-state index in [-0.39, 0.29) is 12.1 Å². The first kappa shape index (κ1) is 14.9. The van der Waals surface area contributed by atoms with Crippen LogP contribution >= 0.6 is 0 Å². The number of nitrogens with zero attached hydrogens (tertiary/aromatic N) is 1. The van der Waals surface area contributed by atoms with E-state index in [2.05, 4.69) is 43.4 Å². The van der Waals surface area contributed by atoms with E-state index in [0.29, 0.717) is 6.04 Å². The van der Waals surface area contributed by atoms with Crippen LogP contribution in [0.25, 0.3) is 0 Å². The zero-order valence-corrected chi connectivity index (χ0v) is 12.9. The Hall–Kier alpha value is -1.51. The van der Waals surface area contributed by atoms with Gasteiger partial charge in [0.15, 0.2) is 0 Å². The number of carbonyl (C=O) groups excluding carboxylic acids is 1. The van der Waals surface area contributed by atoms with E-state index in [1.165, 1.54) is 11.1 Å². The molecule has 1 N–H and O–H groups in total. The zero-order valence-electron chi connectivity index (χ0n) is 12.9. The van der Waals surface area contributed by atoms with E-state index in [9.17, 15) is 4.79 Å². The third-order valence-electron chi connectivity index (χ3n) is 4.48. The molecule has 3 nitrogen and oxygen atoms in total. The summed E-state index contributed by atoms with van der Waals surface area (Å²) in [6.45, 7) is 4.27. The molecule has 0 aliphatic heterocycles. The second kappa shape index (κ2) is 6.78. The normalized spacial score (nSPS) is 17.7. The van der Waals surface area contributed by atoms with Crippen molar-refractivity contribution in [3.8, 4) is 0 Å². The summed E-state index contributed by atoms with van der Waals surface area (Å²) in [5, 5.41) is 3.21. The average molecular weight is 274 g/mol. The molecule has 2 rings (SSSR count). The molecule has 20 heavy (non-hydrogen) atoms. The molecular formula is C17H26N2O. The second-order valence-corrected chi connectivity index (χ2v) is 5.67. The van der Waals surface area contributed by atoms with Gasteiger partial charge in [-0.25, -0.2) is 4.79 Å². The van der Waals surface area contributed by atoms with Crippen LogP contribution in [0.1, 0.15) is 56.7 Å². The van der Waals surface area contributed by atoms with Crippen molar-refractivity contribution in [2.75, 3.05) is 7.05 Å². The van der Waals surface area contributed by atoms with Crippen LogP contribution in [0.3, 0.4) is 0 Å². The summed E-state index contributed by atoms with van der Waals surface area (Å²) in [6, 6.07) is 9.03. The molecule has 2 amide bonds. The predicted octanol–water partition coefficient (Wildman–Crippen LogP) is 3.89. The van der Waals surface area contributed by atoms with Crippen LogP contribution in [0.4, 0.5) is 4.79 Å². The fourth-order valence-electron chi connectivity index (χ4n) is 3.16. The van der Waals surface area contributed by atoms with Crippen molar-refractivity contribution in [3.63, 3.8) is 0 Å². The van der Waals surface area contributed by atoms with Gasteiger partial charge in [0.1, 0.15) is 0 Å². The van der Waals surface area contributed by atoms with Crippen molar-refractivity contribution < 1.29 is 4.79 Å². The van der Waals surface area contributed by atoms with Gasteiger partial charge in [0.2, 0.25) is 0 Å². The van der Waals surface area contributed by atoms with Gasteiger partial charge in [0, 0.05) is 13.1 Å². The highest BCUT2D eigenvalue weighted by molar-refractivity contribution is 5.75. The van der Waals surface area contributed by atoms with Gasteiger partial charge in [-0.15, -0.1) is 0 Å². The Labute approximate surface area is 122 Å². The molecule has 0 saturated carbocycles. The van der Waals surface area contributed by atoms with Crippen molar-refractivity contribution in [1.29, 1.82) is 0 Å². The number of urea groups is 1. The lowest BCUT2D eigenvalue weighted by Gasteiger charge is -2.31. The van der Waals surface area contributed by atoms with Gasteiger partial charge >= 0.3 is 6.03 Å². The number of fused-ring (bicyclic) bond motifs is 1. The first-order valence-electron chi connectivity index (χ1n) is 7.78. The van der Waals surface area contributed by atoms with Gasteiger partial charge in [0.05, 0.1) is 6.04 Å². The largest absolute Gasteiger partial charge is 0.331 e. The third kappa shape index (κ3) is 3.14. The molecule has 1 atom stereocenters. The summed E-state index contributed by atoms with van der Waals surface area (Å²) < 4.78 is 0. The number of amides is 2. The maximum atomic E-state index is 12.4. The Kier molecular flexibility index (Phi) is 5.05. The van der Waals surface area contributed by atoms with E-state index in [1.807, 2.05) is 11.9 Å². The maximum absolute atomic E-state index is 12.4. The molecule has 110 valence electrons. The SMILES string of the molecule is CCC(CC)N(C)C(=O)N[C@H]1CCCc2ccccc21. The molecule has 0 bridgehead atoms. The van der Waals surface area contributed by atoms with Crippen molar-refractivity contribution in [2.24, 2.45) is 0 Å². The summed E-state index contributed by atoms with van der Waals surface area (Å²) >= 11 is 0. The van der Waals surface area contributed by atoms with Crippen LogP contribution in [-0.2, 0) is 6.42 Å². The van der Waals surface area contributed by atoms with E-state index in [4.69, 9.17) is 0 Å². The molecule has 0 fully saturated rings. The summed E-state index contributed by atoms with van der Waals surface area (Å²) in [6.07, 6.45) is 5.32. The van der Waals surface area contributed by atoms with Crippen molar-refractivity contribution in [1.82, 2.24) is 10.2 Å². The highest BCUT2D eigenvalue weighted by Gasteiger charge is 2.24. The minimum absolute atomic E-state index is 0.0559. The molecule has 0 saturated heterocycles. The molecule has 1 aliphatic carbocycles. The molecule has 0 heterocycles. The molecule has 1 aliphatic rings. The van der Waals surface area contributed by atoms with Crippen molar-refractivity contribution in [3.05, 3.63) is 35.4 Å². The third-order valence-corrected chi connectivity index (χ3v) is 4.48. The van der Waals surface area contributed by atoms with E-state index in [0.717, 1.165) is 32.1 Å². The van der Waals surface area contributed by atoms with Crippen molar-refractivity contribution in [2.45, 2.75) is 58.0 Å².